The van der Waals surface area contributed by atoms with Crippen molar-refractivity contribution in [2.45, 2.75) is 44.8 Å². The summed E-state index contributed by atoms with van der Waals surface area (Å²) in [5.41, 5.74) is 0.522. The predicted octanol–water partition coefficient (Wildman–Crippen LogP) is 3.36. The van der Waals surface area contributed by atoms with Crippen LogP contribution in [0.5, 0.6) is 0 Å². The summed E-state index contributed by atoms with van der Waals surface area (Å²) in [4.78, 5) is 4.26. The zero-order valence-electron chi connectivity index (χ0n) is 10.9. The Labute approximate surface area is 117 Å². The summed E-state index contributed by atoms with van der Waals surface area (Å²) in [7, 11) is 0. The van der Waals surface area contributed by atoms with Gasteiger partial charge >= 0.3 is 0 Å². The van der Waals surface area contributed by atoms with Gasteiger partial charge in [0.15, 0.2) is 5.69 Å². The maximum atomic E-state index is 8.79. The molecule has 1 heterocycles. The predicted molar refractivity (Wildman–Crippen MR) is 72.5 cm³/mol. The van der Waals surface area contributed by atoms with Crippen LogP contribution in [0.25, 0.3) is 0 Å². The Kier molecular flexibility index (Phi) is 2.86. The minimum absolute atomic E-state index is 0.460. The SMILES string of the molecule is N#Cc1csc(COC2C3CC4CC(C3)CC2C4)n1. The number of hydrogen-bond acceptors (Lipinski definition) is 4. The monoisotopic (exact) mass is 274 g/mol. The van der Waals surface area contributed by atoms with E-state index in [1.165, 1.54) is 32.1 Å². The van der Waals surface area contributed by atoms with E-state index in [1.807, 2.05) is 5.38 Å². The highest BCUT2D eigenvalue weighted by atomic mass is 32.1. The number of nitrogens with zero attached hydrogens (tertiary/aromatic N) is 2. The van der Waals surface area contributed by atoms with E-state index in [-0.39, 0.29) is 0 Å². The molecule has 0 saturated heterocycles. The standard InChI is InChI=1S/C15H18N2OS/c16-6-13-8-19-14(17-13)7-18-15-11-2-9-1-10(4-11)5-12(15)3-9/h8-12,15H,1-5,7H2. The third-order valence-electron chi connectivity index (χ3n) is 5.21. The van der Waals surface area contributed by atoms with Gasteiger partial charge in [0.25, 0.3) is 0 Å². The van der Waals surface area contributed by atoms with Crippen LogP contribution < -0.4 is 0 Å². The van der Waals surface area contributed by atoms with Crippen molar-refractivity contribution in [1.82, 2.24) is 4.98 Å². The molecule has 0 amide bonds. The number of hydrogen-bond donors (Lipinski definition) is 0. The lowest BCUT2D eigenvalue weighted by atomic mass is 9.55. The summed E-state index contributed by atoms with van der Waals surface area (Å²) in [5.74, 6) is 3.58. The average Bonchev–Trinajstić information content (AvgIpc) is 2.85. The van der Waals surface area contributed by atoms with Crippen molar-refractivity contribution >= 4 is 11.3 Å². The Hall–Kier alpha value is -0.920. The van der Waals surface area contributed by atoms with E-state index in [9.17, 15) is 0 Å². The van der Waals surface area contributed by atoms with Gasteiger partial charge in [0.2, 0.25) is 0 Å². The van der Waals surface area contributed by atoms with Gasteiger partial charge in [0.05, 0.1) is 12.7 Å². The van der Waals surface area contributed by atoms with E-state index in [0.717, 1.165) is 28.7 Å². The fraction of sp³-hybridized carbons (Fsp3) is 0.733. The van der Waals surface area contributed by atoms with E-state index in [1.54, 1.807) is 11.3 Å². The molecule has 100 valence electrons. The maximum absolute atomic E-state index is 8.79. The molecule has 0 N–H and O–H groups in total. The first kappa shape index (κ1) is 11.9. The van der Waals surface area contributed by atoms with Gasteiger partial charge < -0.3 is 4.74 Å². The van der Waals surface area contributed by atoms with Crippen LogP contribution in [-0.2, 0) is 11.3 Å². The van der Waals surface area contributed by atoms with Crippen LogP contribution in [0.15, 0.2) is 5.38 Å². The number of ether oxygens (including phenoxy) is 1. The Morgan fingerprint density at radius 1 is 1.21 bits per heavy atom. The van der Waals surface area contributed by atoms with Crippen LogP contribution >= 0.6 is 11.3 Å². The first-order chi connectivity index (χ1) is 9.31. The van der Waals surface area contributed by atoms with Crippen LogP contribution in [0.2, 0.25) is 0 Å². The van der Waals surface area contributed by atoms with Gasteiger partial charge in [-0.1, -0.05) is 0 Å². The number of thiazole rings is 1. The molecule has 4 saturated carbocycles. The van der Waals surface area contributed by atoms with Crippen molar-refractivity contribution in [3.63, 3.8) is 0 Å². The van der Waals surface area contributed by atoms with Gasteiger partial charge in [-0.25, -0.2) is 4.98 Å². The zero-order valence-corrected chi connectivity index (χ0v) is 11.7. The summed E-state index contributed by atoms with van der Waals surface area (Å²) >= 11 is 1.54. The largest absolute Gasteiger partial charge is 0.370 e. The van der Waals surface area contributed by atoms with Gasteiger partial charge in [0, 0.05) is 5.38 Å². The lowest BCUT2D eigenvalue weighted by molar-refractivity contribution is -0.132. The van der Waals surface area contributed by atoms with Crippen LogP contribution in [0, 0.1) is 35.0 Å². The van der Waals surface area contributed by atoms with Crippen molar-refractivity contribution < 1.29 is 4.74 Å². The van der Waals surface area contributed by atoms with Crippen LogP contribution in [0.1, 0.15) is 42.8 Å². The molecule has 1 aromatic rings. The second-order valence-corrected chi connectivity index (χ2v) is 7.39. The third kappa shape index (κ3) is 2.09. The zero-order chi connectivity index (χ0) is 12.8. The van der Waals surface area contributed by atoms with Crippen molar-refractivity contribution in [3.05, 3.63) is 16.1 Å². The molecule has 4 fully saturated rings. The lowest BCUT2D eigenvalue weighted by Crippen LogP contribution is -2.49. The smallest absolute Gasteiger partial charge is 0.151 e. The lowest BCUT2D eigenvalue weighted by Gasteiger charge is -2.53. The summed E-state index contributed by atoms with van der Waals surface area (Å²) in [6.07, 6.45) is 7.50. The van der Waals surface area contributed by atoms with Crippen molar-refractivity contribution in [1.29, 1.82) is 5.26 Å². The molecule has 3 nitrogen and oxygen atoms in total. The van der Waals surface area contributed by atoms with Crippen molar-refractivity contribution in [2.24, 2.45) is 23.7 Å². The molecule has 1 aromatic heterocycles. The number of nitriles is 1. The van der Waals surface area contributed by atoms with Gasteiger partial charge in [-0.15, -0.1) is 11.3 Å². The molecule has 19 heavy (non-hydrogen) atoms. The summed E-state index contributed by atoms with van der Waals surface area (Å²) in [6, 6.07) is 2.08. The second kappa shape index (κ2) is 4.57. The highest BCUT2D eigenvalue weighted by molar-refractivity contribution is 7.09. The Bertz CT molecular complexity index is 490. The quantitative estimate of drug-likeness (QED) is 0.849. The Balaban J connectivity index is 1.42. The molecule has 5 rings (SSSR count). The van der Waals surface area contributed by atoms with Gasteiger partial charge in [-0.3, -0.25) is 0 Å². The van der Waals surface area contributed by atoms with E-state index in [4.69, 9.17) is 10.00 Å². The minimum atomic E-state index is 0.460. The van der Waals surface area contributed by atoms with Crippen LogP contribution in [0.3, 0.4) is 0 Å². The van der Waals surface area contributed by atoms with E-state index >= 15 is 0 Å². The first-order valence-corrected chi connectivity index (χ1v) is 8.16. The van der Waals surface area contributed by atoms with E-state index in [0.29, 0.717) is 18.4 Å². The summed E-state index contributed by atoms with van der Waals surface area (Å²) in [5, 5.41) is 11.6. The fourth-order valence-corrected chi connectivity index (χ4v) is 5.38. The highest BCUT2D eigenvalue weighted by Crippen LogP contribution is 2.54. The maximum Gasteiger partial charge on any atom is 0.151 e. The molecule has 0 radical (unpaired) electrons. The number of aromatic nitrogens is 1. The molecule has 4 aliphatic carbocycles. The van der Waals surface area contributed by atoms with E-state index < -0.39 is 0 Å². The molecule has 4 bridgehead atoms. The van der Waals surface area contributed by atoms with Gasteiger partial charge in [-0.2, -0.15) is 5.26 Å². The van der Waals surface area contributed by atoms with Gasteiger partial charge in [0.1, 0.15) is 11.1 Å². The molecular weight excluding hydrogens is 256 g/mol. The van der Waals surface area contributed by atoms with Crippen molar-refractivity contribution in [3.8, 4) is 6.07 Å². The highest BCUT2D eigenvalue weighted by Gasteiger charge is 2.48. The molecule has 4 aliphatic rings. The number of rotatable bonds is 3. The molecule has 0 unspecified atom stereocenters. The molecule has 0 aliphatic heterocycles. The molecule has 0 aromatic carbocycles. The fourth-order valence-electron chi connectivity index (χ4n) is 4.74. The second-order valence-electron chi connectivity index (χ2n) is 6.44. The average molecular weight is 274 g/mol. The van der Waals surface area contributed by atoms with E-state index in [2.05, 4.69) is 11.1 Å². The third-order valence-corrected chi connectivity index (χ3v) is 6.03. The molecule has 4 heteroatoms. The van der Waals surface area contributed by atoms with Gasteiger partial charge in [-0.05, 0) is 55.8 Å². The molecule has 0 spiro atoms. The normalized spacial score (nSPS) is 39.4. The first-order valence-electron chi connectivity index (χ1n) is 7.28. The molecule has 0 atom stereocenters. The Morgan fingerprint density at radius 2 is 1.89 bits per heavy atom. The van der Waals surface area contributed by atoms with Crippen molar-refractivity contribution in [2.75, 3.05) is 0 Å². The Morgan fingerprint density at radius 3 is 2.47 bits per heavy atom. The van der Waals surface area contributed by atoms with Crippen LogP contribution in [-0.4, -0.2) is 11.1 Å². The van der Waals surface area contributed by atoms with Crippen LogP contribution in [0.4, 0.5) is 0 Å². The summed E-state index contributed by atoms with van der Waals surface area (Å²) < 4.78 is 6.20. The minimum Gasteiger partial charge on any atom is -0.370 e. The summed E-state index contributed by atoms with van der Waals surface area (Å²) in [6.45, 7) is 0.597. The topological polar surface area (TPSA) is 45.9 Å². The molecular formula is C15H18N2OS.